The van der Waals surface area contributed by atoms with E-state index in [1.807, 2.05) is 0 Å². The molecule has 1 saturated heterocycles. The number of aromatic nitrogens is 2. The van der Waals surface area contributed by atoms with E-state index in [1.54, 1.807) is 0 Å². The number of anilines is 1. The predicted octanol–water partition coefficient (Wildman–Crippen LogP) is 1.23. The summed E-state index contributed by atoms with van der Waals surface area (Å²) >= 11 is 0. The zero-order chi connectivity index (χ0) is 14.9. The van der Waals surface area contributed by atoms with Crippen LogP contribution in [0.2, 0.25) is 0 Å². The van der Waals surface area contributed by atoms with Crippen LogP contribution in [0.15, 0.2) is 4.52 Å². The lowest BCUT2D eigenvalue weighted by Gasteiger charge is -2.35. The first-order chi connectivity index (χ1) is 10.1. The van der Waals surface area contributed by atoms with Crippen molar-refractivity contribution in [3.63, 3.8) is 0 Å². The molecule has 0 amide bonds. The minimum atomic E-state index is -0.0929. The molecule has 1 aromatic heterocycles. The maximum Gasteiger partial charge on any atom is 0.266 e. The maximum atomic E-state index is 6.07. The molecule has 21 heavy (non-hydrogen) atoms. The Hall–Kier alpha value is -1.14. The van der Waals surface area contributed by atoms with Gasteiger partial charge in [-0.15, -0.1) is 0 Å². The molecule has 0 bridgehead atoms. The van der Waals surface area contributed by atoms with E-state index in [0.29, 0.717) is 6.54 Å². The van der Waals surface area contributed by atoms with Crippen molar-refractivity contribution in [3.05, 3.63) is 5.89 Å². The molecule has 0 spiro atoms. The van der Waals surface area contributed by atoms with E-state index >= 15 is 0 Å². The van der Waals surface area contributed by atoms with Gasteiger partial charge in [-0.05, 0) is 43.8 Å². The molecule has 0 unspecified atom stereocenters. The Morgan fingerprint density at radius 2 is 1.90 bits per heavy atom. The first-order valence-corrected chi connectivity index (χ1v) is 8.11. The van der Waals surface area contributed by atoms with Crippen molar-refractivity contribution in [1.82, 2.24) is 15.0 Å². The summed E-state index contributed by atoms with van der Waals surface area (Å²) in [5, 5.41) is 4.22. The SMILES string of the molecule is CC1CCC(CN)(c2nc(N3CCN(C)CC3)no2)CC1. The maximum absolute atomic E-state index is 6.07. The fraction of sp³-hybridized carbons (Fsp3) is 0.867. The molecule has 2 N–H and O–H groups in total. The van der Waals surface area contributed by atoms with E-state index in [2.05, 4.69) is 28.9 Å². The van der Waals surface area contributed by atoms with Crippen molar-refractivity contribution in [2.45, 2.75) is 38.0 Å². The van der Waals surface area contributed by atoms with Gasteiger partial charge in [0.1, 0.15) is 0 Å². The van der Waals surface area contributed by atoms with Gasteiger partial charge in [0, 0.05) is 32.7 Å². The zero-order valence-electron chi connectivity index (χ0n) is 13.2. The van der Waals surface area contributed by atoms with Gasteiger partial charge in [-0.1, -0.05) is 6.92 Å². The topological polar surface area (TPSA) is 71.4 Å². The van der Waals surface area contributed by atoms with Gasteiger partial charge in [0.15, 0.2) is 0 Å². The summed E-state index contributed by atoms with van der Waals surface area (Å²) in [5.41, 5.74) is 5.98. The smallest absolute Gasteiger partial charge is 0.266 e. The third kappa shape index (κ3) is 2.92. The van der Waals surface area contributed by atoms with Crippen molar-refractivity contribution in [3.8, 4) is 0 Å². The number of nitrogens with two attached hydrogens (primary N) is 1. The number of hydrogen-bond acceptors (Lipinski definition) is 6. The third-order valence-electron chi connectivity index (χ3n) is 5.28. The van der Waals surface area contributed by atoms with E-state index in [0.717, 1.165) is 56.8 Å². The molecule has 2 fully saturated rings. The van der Waals surface area contributed by atoms with Gasteiger partial charge in [0.25, 0.3) is 5.95 Å². The second kappa shape index (κ2) is 5.93. The lowest BCUT2D eigenvalue weighted by atomic mass is 9.71. The van der Waals surface area contributed by atoms with Crippen LogP contribution in [-0.2, 0) is 5.41 Å². The largest absolute Gasteiger partial charge is 0.337 e. The molecule has 6 heteroatoms. The average Bonchev–Trinajstić information content (AvgIpc) is 3.00. The number of likely N-dealkylation sites (N-methyl/N-ethyl adjacent to an activating group) is 1. The molecule has 0 atom stereocenters. The fourth-order valence-electron chi connectivity index (χ4n) is 3.39. The van der Waals surface area contributed by atoms with Crippen LogP contribution in [0.5, 0.6) is 0 Å². The summed E-state index contributed by atoms with van der Waals surface area (Å²) in [6.07, 6.45) is 4.52. The van der Waals surface area contributed by atoms with Crippen LogP contribution in [0.3, 0.4) is 0 Å². The standard InChI is InChI=1S/C15H27N5O/c1-12-3-5-15(11-16,6-4-12)13-17-14(18-21-13)20-9-7-19(2)8-10-20/h12H,3-11,16H2,1-2H3. The Kier molecular flexibility index (Phi) is 4.17. The summed E-state index contributed by atoms with van der Waals surface area (Å²) in [6.45, 7) is 6.92. The first kappa shape index (κ1) is 14.8. The Balaban J connectivity index is 1.74. The Bertz CT molecular complexity index is 458. The minimum Gasteiger partial charge on any atom is -0.337 e. The number of nitrogens with zero attached hydrogens (tertiary/aromatic N) is 4. The van der Waals surface area contributed by atoms with Crippen LogP contribution in [0.25, 0.3) is 0 Å². The third-order valence-corrected chi connectivity index (χ3v) is 5.28. The molecule has 2 aliphatic rings. The lowest BCUT2D eigenvalue weighted by Crippen LogP contribution is -2.45. The van der Waals surface area contributed by atoms with E-state index in [1.165, 1.54) is 12.8 Å². The van der Waals surface area contributed by atoms with Gasteiger partial charge in [0.2, 0.25) is 5.89 Å². The number of rotatable bonds is 3. The average molecular weight is 293 g/mol. The molecule has 3 rings (SSSR count). The quantitative estimate of drug-likeness (QED) is 0.904. The van der Waals surface area contributed by atoms with E-state index < -0.39 is 0 Å². The van der Waals surface area contributed by atoms with Crippen LogP contribution >= 0.6 is 0 Å². The molecule has 1 aliphatic heterocycles. The van der Waals surface area contributed by atoms with Gasteiger partial charge in [-0.3, -0.25) is 0 Å². The normalized spacial score (nSPS) is 31.6. The highest BCUT2D eigenvalue weighted by Crippen LogP contribution is 2.40. The van der Waals surface area contributed by atoms with Crippen LogP contribution in [0, 0.1) is 5.92 Å². The molecule has 2 heterocycles. The Labute approximate surface area is 126 Å². The summed E-state index contributed by atoms with van der Waals surface area (Å²) in [6, 6.07) is 0. The summed E-state index contributed by atoms with van der Waals surface area (Å²) in [5.74, 6) is 2.28. The predicted molar refractivity (Wildman–Crippen MR) is 82.4 cm³/mol. The monoisotopic (exact) mass is 293 g/mol. The van der Waals surface area contributed by atoms with Crippen molar-refractivity contribution in [1.29, 1.82) is 0 Å². The first-order valence-electron chi connectivity index (χ1n) is 8.11. The highest BCUT2D eigenvalue weighted by atomic mass is 16.5. The molecule has 0 radical (unpaired) electrons. The molecule has 1 aromatic rings. The van der Waals surface area contributed by atoms with Crippen molar-refractivity contribution in [2.75, 3.05) is 44.7 Å². The minimum absolute atomic E-state index is 0.0929. The summed E-state index contributed by atoms with van der Waals surface area (Å²) in [7, 11) is 2.14. The van der Waals surface area contributed by atoms with Gasteiger partial charge >= 0.3 is 0 Å². The van der Waals surface area contributed by atoms with Crippen LogP contribution in [-0.4, -0.2) is 54.8 Å². The van der Waals surface area contributed by atoms with Gasteiger partial charge in [0.05, 0.1) is 5.41 Å². The molecule has 118 valence electrons. The van der Waals surface area contributed by atoms with Gasteiger partial charge in [-0.25, -0.2) is 0 Å². The van der Waals surface area contributed by atoms with Crippen molar-refractivity contribution < 1.29 is 4.52 Å². The summed E-state index contributed by atoms with van der Waals surface area (Å²) < 4.78 is 5.62. The zero-order valence-corrected chi connectivity index (χ0v) is 13.2. The lowest BCUT2D eigenvalue weighted by molar-refractivity contribution is 0.191. The van der Waals surface area contributed by atoms with Crippen LogP contribution in [0.1, 0.15) is 38.5 Å². The number of piperazine rings is 1. The molecule has 6 nitrogen and oxygen atoms in total. The van der Waals surface area contributed by atoms with E-state index in [9.17, 15) is 0 Å². The molecular formula is C15H27N5O. The second-order valence-electron chi connectivity index (χ2n) is 6.86. The highest BCUT2D eigenvalue weighted by molar-refractivity contribution is 5.30. The van der Waals surface area contributed by atoms with E-state index in [4.69, 9.17) is 15.2 Å². The number of hydrogen-bond donors (Lipinski definition) is 1. The van der Waals surface area contributed by atoms with Gasteiger partial charge in [-0.2, -0.15) is 4.98 Å². The molecule has 1 aliphatic carbocycles. The molecule has 1 saturated carbocycles. The van der Waals surface area contributed by atoms with Crippen molar-refractivity contribution in [2.24, 2.45) is 11.7 Å². The van der Waals surface area contributed by atoms with Crippen molar-refractivity contribution >= 4 is 5.95 Å². The molecule has 0 aromatic carbocycles. The summed E-state index contributed by atoms with van der Waals surface area (Å²) in [4.78, 5) is 9.23. The highest BCUT2D eigenvalue weighted by Gasteiger charge is 2.40. The Morgan fingerprint density at radius 3 is 2.52 bits per heavy atom. The Morgan fingerprint density at radius 1 is 1.24 bits per heavy atom. The second-order valence-corrected chi connectivity index (χ2v) is 6.86. The van der Waals surface area contributed by atoms with E-state index in [-0.39, 0.29) is 5.41 Å². The van der Waals surface area contributed by atoms with Crippen LogP contribution < -0.4 is 10.6 Å². The molecular weight excluding hydrogens is 266 g/mol. The van der Waals surface area contributed by atoms with Gasteiger partial charge < -0.3 is 20.1 Å². The fourth-order valence-corrected chi connectivity index (χ4v) is 3.39. The van der Waals surface area contributed by atoms with Crippen LogP contribution in [0.4, 0.5) is 5.95 Å².